The number of anilines is 1. The van der Waals surface area contributed by atoms with E-state index in [1.807, 2.05) is 0 Å². The molecule has 10 heteroatoms. The van der Waals surface area contributed by atoms with Gasteiger partial charge in [-0.25, -0.2) is 8.42 Å². The maximum Gasteiger partial charge on any atom is 0.433 e. The quantitative estimate of drug-likeness (QED) is 0.842. The fourth-order valence-electron chi connectivity index (χ4n) is 1.88. The van der Waals surface area contributed by atoms with Gasteiger partial charge in [0.1, 0.15) is 5.69 Å². The third-order valence-electron chi connectivity index (χ3n) is 3.02. The summed E-state index contributed by atoms with van der Waals surface area (Å²) in [6, 6.07) is 7.77. The highest BCUT2D eigenvalue weighted by atomic mass is 32.2. The molecule has 2 rings (SSSR count). The number of rotatable bonds is 5. The number of halogens is 3. The smallest absolute Gasteiger partial charge is 0.348 e. The van der Waals surface area contributed by atoms with E-state index < -0.39 is 27.8 Å². The van der Waals surface area contributed by atoms with E-state index >= 15 is 0 Å². The van der Waals surface area contributed by atoms with Crippen molar-refractivity contribution in [1.82, 2.24) is 10.3 Å². The standard InChI is InChI=1S/C15H14F3N3O3S/c1-25(23,24)21-12-5-3-11(4-6-12)14(22)20-9-10-2-7-13(19-8-10)15(16,17)18/h2-8,21H,9H2,1H3,(H,20,22). The number of pyridine rings is 1. The highest BCUT2D eigenvalue weighted by Crippen LogP contribution is 2.27. The summed E-state index contributed by atoms with van der Waals surface area (Å²) in [6.45, 7) is 0.00725. The van der Waals surface area contributed by atoms with Crippen molar-refractivity contribution in [1.29, 1.82) is 0 Å². The van der Waals surface area contributed by atoms with Crippen molar-refractivity contribution in [2.24, 2.45) is 0 Å². The van der Waals surface area contributed by atoms with Crippen molar-refractivity contribution in [2.75, 3.05) is 11.0 Å². The molecule has 0 saturated heterocycles. The second kappa shape index (κ2) is 7.09. The van der Waals surface area contributed by atoms with Gasteiger partial charge in [0.25, 0.3) is 5.91 Å². The van der Waals surface area contributed by atoms with Gasteiger partial charge in [-0.05, 0) is 35.9 Å². The highest BCUT2D eigenvalue weighted by molar-refractivity contribution is 7.92. The van der Waals surface area contributed by atoms with Gasteiger partial charge in [-0.1, -0.05) is 6.07 Å². The van der Waals surface area contributed by atoms with Crippen molar-refractivity contribution in [2.45, 2.75) is 12.7 Å². The molecule has 0 aliphatic carbocycles. The molecule has 6 nitrogen and oxygen atoms in total. The Labute approximate surface area is 142 Å². The predicted octanol–water partition coefficient (Wildman–Crippen LogP) is 2.40. The Hall–Kier alpha value is -2.62. The molecule has 0 radical (unpaired) electrons. The van der Waals surface area contributed by atoms with Crippen LogP contribution in [0.25, 0.3) is 0 Å². The van der Waals surface area contributed by atoms with Crippen LogP contribution in [0.15, 0.2) is 42.6 Å². The first-order valence-electron chi connectivity index (χ1n) is 6.93. The lowest BCUT2D eigenvalue weighted by Gasteiger charge is -2.08. The van der Waals surface area contributed by atoms with Gasteiger partial charge in [-0.15, -0.1) is 0 Å². The Morgan fingerprint density at radius 3 is 2.24 bits per heavy atom. The Morgan fingerprint density at radius 2 is 1.76 bits per heavy atom. The number of carbonyl (C=O) groups excluding carboxylic acids is 1. The second-order valence-electron chi connectivity index (χ2n) is 5.18. The van der Waals surface area contributed by atoms with Gasteiger partial charge in [0.15, 0.2) is 0 Å². The fourth-order valence-corrected chi connectivity index (χ4v) is 2.45. The molecule has 0 bridgehead atoms. The van der Waals surface area contributed by atoms with E-state index in [1.54, 1.807) is 0 Å². The Morgan fingerprint density at radius 1 is 1.12 bits per heavy atom. The number of aromatic nitrogens is 1. The molecule has 0 unspecified atom stereocenters. The zero-order valence-corrected chi connectivity index (χ0v) is 13.8. The molecule has 2 N–H and O–H groups in total. The van der Waals surface area contributed by atoms with Crippen LogP contribution in [-0.4, -0.2) is 25.6 Å². The topological polar surface area (TPSA) is 88.2 Å². The molecule has 0 aliphatic heterocycles. The molecule has 134 valence electrons. The van der Waals surface area contributed by atoms with E-state index in [-0.39, 0.29) is 12.1 Å². The molecule has 2 aromatic rings. The van der Waals surface area contributed by atoms with E-state index in [4.69, 9.17) is 0 Å². The summed E-state index contributed by atoms with van der Waals surface area (Å²) in [6.07, 6.45) is -2.46. The monoisotopic (exact) mass is 373 g/mol. The lowest BCUT2D eigenvalue weighted by molar-refractivity contribution is -0.141. The number of sulfonamides is 1. The Kier molecular flexibility index (Phi) is 5.31. The average Bonchev–Trinajstić information content (AvgIpc) is 2.51. The normalized spacial score (nSPS) is 11.8. The molecule has 0 spiro atoms. The van der Waals surface area contributed by atoms with Gasteiger partial charge < -0.3 is 5.32 Å². The third kappa shape index (κ3) is 5.75. The molecule has 1 amide bonds. The van der Waals surface area contributed by atoms with E-state index in [0.29, 0.717) is 11.3 Å². The number of alkyl halides is 3. The van der Waals surface area contributed by atoms with Crippen LogP contribution < -0.4 is 10.0 Å². The second-order valence-corrected chi connectivity index (χ2v) is 6.93. The molecule has 0 saturated carbocycles. The van der Waals surface area contributed by atoms with Crippen LogP contribution in [0.3, 0.4) is 0 Å². The van der Waals surface area contributed by atoms with Crippen LogP contribution in [0.4, 0.5) is 18.9 Å². The number of hydrogen-bond donors (Lipinski definition) is 2. The van der Waals surface area contributed by atoms with Crippen LogP contribution in [0.1, 0.15) is 21.6 Å². The lowest BCUT2D eigenvalue weighted by Crippen LogP contribution is -2.23. The van der Waals surface area contributed by atoms with E-state index in [2.05, 4.69) is 15.0 Å². The number of benzene rings is 1. The van der Waals surface area contributed by atoms with Gasteiger partial charge in [-0.3, -0.25) is 14.5 Å². The van der Waals surface area contributed by atoms with E-state index in [0.717, 1.165) is 18.5 Å². The predicted molar refractivity (Wildman–Crippen MR) is 85.3 cm³/mol. The minimum atomic E-state index is -4.51. The minimum Gasteiger partial charge on any atom is -0.348 e. The molecule has 1 heterocycles. The van der Waals surface area contributed by atoms with Crippen molar-refractivity contribution < 1.29 is 26.4 Å². The maximum absolute atomic E-state index is 12.4. The van der Waals surface area contributed by atoms with Crippen LogP contribution in [-0.2, 0) is 22.7 Å². The SMILES string of the molecule is CS(=O)(=O)Nc1ccc(C(=O)NCc2ccc(C(F)(F)F)nc2)cc1. The van der Waals surface area contributed by atoms with Crippen LogP contribution in [0, 0.1) is 0 Å². The Bertz CT molecular complexity index is 848. The summed E-state index contributed by atoms with van der Waals surface area (Å²) in [5.41, 5.74) is -0.00170. The average molecular weight is 373 g/mol. The first-order valence-corrected chi connectivity index (χ1v) is 8.82. The lowest BCUT2D eigenvalue weighted by atomic mass is 10.2. The third-order valence-corrected chi connectivity index (χ3v) is 3.63. The van der Waals surface area contributed by atoms with Gasteiger partial charge in [0.2, 0.25) is 10.0 Å². The maximum atomic E-state index is 12.4. The minimum absolute atomic E-state index is 0.00725. The summed E-state index contributed by atoms with van der Waals surface area (Å²) >= 11 is 0. The molecule has 1 aromatic heterocycles. The van der Waals surface area contributed by atoms with Crippen LogP contribution >= 0.6 is 0 Å². The molecule has 25 heavy (non-hydrogen) atoms. The molecular formula is C15H14F3N3O3S. The summed E-state index contributed by atoms with van der Waals surface area (Å²) in [5, 5.41) is 2.54. The number of hydrogen-bond acceptors (Lipinski definition) is 4. The van der Waals surface area contributed by atoms with E-state index in [9.17, 15) is 26.4 Å². The van der Waals surface area contributed by atoms with Crippen molar-refractivity contribution in [3.05, 3.63) is 59.4 Å². The Balaban J connectivity index is 1.96. The van der Waals surface area contributed by atoms with Crippen LogP contribution in [0.2, 0.25) is 0 Å². The zero-order valence-electron chi connectivity index (χ0n) is 13.0. The first kappa shape index (κ1) is 18.7. The largest absolute Gasteiger partial charge is 0.433 e. The molecule has 0 aliphatic rings. The number of nitrogens with one attached hydrogen (secondary N) is 2. The molecule has 0 atom stereocenters. The summed E-state index contributed by atoms with van der Waals surface area (Å²) in [7, 11) is -3.41. The highest BCUT2D eigenvalue weighted by Gasteiger charge is 2.31. The number of carbonyl (C=O) groups is 1. The van der Waals surface area contributed by atoms with Crippen LogP contribution in [0.5, 0.6) is 0 Å². The van der Waals surface area contributed by atoms with Gasteiger partial charge >= 0.3 is 6.18 Å². The van der Waals surface area contributed by atoms with Gasteiger partial charge in [0, 0.05) is 24.0 Å². The summed E-state index contributed by atoms with van der Waals surface area (Å²) < 4.78 is 61.7. The summed E-state index contributed by atoms with van der Waals surface area (Å²) in [4.78, 5) is 15.3. The zero-order chi connectivity index (χ0) is 18.7. The van der Waals surface area contributed by atoms with E-state index in [1.165, 1.54) is 30.3 Å². The van der Waals surface area contributed by atoms with Crippen molar-refractivity contribution in [3.63, 3.8) is 0 Å². The molecule has 0 fully saturated rings. The molecular weight excluding hydrogens is 359 g/mol. The number of amides is 1. The van der Waals surface area contributed by atoms with Crippen molar-refractivity contribution in [3.8, 4) is 0 Å². The number of nitrogens with zero attached hydrogens (tertiary/aromatic N) is 1. The fraction of sp³-hybridized carbons (Fsp3) is 0.200. The molecule has 1 aromatic carbocycles. The first-order chi connectivity index (χ1) is 11.5. The van der Waals surface area contributed by atoms with Crippen molar-refractivity contribution >= 4 is 21.6 Å². The van der Waals surface area contributed by atoms with Gasteiger partial charge in [0.05, 0.1) is 6.26 Å². The van der Waals surface area contributed by atoms with Gasteiger partial charge in [-0.2, -0.15) is 13.2 Å². The summed E-state index contributed by atoms with van der Waals surface area (Å²) in [5.74, 6) is -0.453.